The Morgan fingerprint density at radius 1 is 0.517 bits per heavy atom. The van der Waals surface area contributed by atoms with E-state index < -0.39 is 11.9 Å². The number of aliphatic carboxylic acids is 2. The zero-order valence-corrected chi connectivity index (χ0v) is 19.9. The van der Waals surface area contributed by atoms with Crippen LogP contribution in [0.25, 0.3) is 0 Å². The van der Waals surface area contributed by atoms with Crippen LogP contribution in [0, 0.1) is 0 Å². The van der Waals surface area contributed by atoms with Crippen LogP contribution in [-0.2, 0) is 9.59 Å². The van der Waals surface area contributed by atoms with E-state index in [0.29, 0.717) is 12.8 Å². The molecule has 29 heavy (non-hydrogen) atoms. The van der Waals surface area contributed by atoms with Gasteiger partial charge in [0.05, 0.1) is 26.2 Å². The summed E-state index contributed by atoms with van der Waals surface area (Å²) in [6.45, 7) is 15.0. The summed E-state index contributed by atoms with van der Waals surface area (Å²) in [5.74, 6) is -1.57. The average molecular weight is 417 g/mol. The molecule has 174 valence electrons. The van der Waals surface area contributed by atoms with E-state index in [0.717, 1.165) is 12.8 Å². The molecular weight excluding hydrogens is 366 g/mol. The lowest BCUT2D eigenvalue weighted by Gasteiger charge is -2.39. The van der Waals surface area contributed by atoms with E-state index in [1.807, 2.05) is 0 Å². The van der Waals surface area contributed by atoms with Crippen LogP contribution in [0.15, 0.2) is 0 Å². The fraction of sp³-hybridized carbons (Fsp3) is 0.917. The van der Waals surface area contributed by atoms with Crippen molar-refractivity contribution in [2.45, 2.75) is 118 Å². The van der Waals surface area contributed by atoms with Crippen molar-refractivity contribution in [2.75, 3.05) is 26.2 Å². The minimum Gasteiger partial charge on any atom is -0.481 e. The molecular formula is C24H50NO4+. The van der Waals surface area contributed by atoms with E-state index in [2.05, 4.69) is 27.7 Å². The highest BCUT2D eigenvalue weighted by Gasteiger charge is 2.24. The highest BCUT2D eigenvalue weighted by molar-refractivity contribution is 5.66. The maximum Gasteiger partial charge on any atom is 0.303 e. The van der Waals surface area contributed by atoms with Crippen molar-refractivity contribution in [3.8, 4) is 0 Å². The molecule has 0 aliphatic rings. The number of rotatable bonds is 19. The quantitative estimate of drug-likeness (QED) is 0.186. The first-order valence-corrected chi connectivity index (χ1v) is 12.2. The molecule has 0 aliphatic heterocycles. The van der Waals surface area contributed by atoms with Crippen LogP contribution in [0.3, 0.4) is 0 Å². The molecule has 0 spiro atoms. The Morgan fingerprint density at radius 2 is 0.793 bits per heavy atom. The molecule has 0 saturated carbocycles. The van der Waals surface area contributed by atoms with Gasteiger partial charge in [-0.1, -0.05) is 66.2 Å². The van der Waals surface area contributed by atoms with Crippen LogP contribution in [0.1, 0.15) is 118 Å². The molecule has 5 heteroatoms. The summed E-state index contributed by atoms with van der Waals surface area (Å²) in [7, 11) is 0. The van der Waals surface area contributed by atoms with Crippen LogP contribution in [0.4, 0.5) is 0 Å². The molecule has 0 aliphatic carbocycles. The maximum atomic E-state index is 10.0. The van der Waals surface area contributed by atoms with Gasteiger partial charge < -0.3 is 14.7 Å². The smallest absolute Gasteiger partial charge is 0.303 e. The van der Waals surface area contributed by atoms with Crippen LogP contribution in [0.2, 0.25) is 0 Å². The molecule has 0 aromatic carbocycles. The van der Waals surface area contributed by atoms with Crippen molar-refractivity contribution in [2.24, 2.45) is 0 Å². The second-order valence-electron chi connectivity index (χ2n) is 8.35. The minimum atomic E-state index is -0.784. The topological polar surface area (TPSA) is 74.6 Å². The number of hydrogen-bond donors (Lipinski definition) is 2. The summed E-state index contributed by atoms with van der Waals surface area (Å²) in [5, 5.41) is 16.5. The van der Waals surface area contributed by atoms with Crippen LogP contribution < -0.4 is 0 Å². The Morgan fingerprint density at radius 3 is 1.00 bits per heavy atom. The number of hydrogen-bond acceptors (Lipinski definition) is 2. The summed E-state index contributed by atoms with van der Waals surface area (Å²) in [6.07, 6.45) is 14.3. The molecule has 0 saturated heterocycles. The standard InChI is InChI=1S/C16H36N.C8H14O4/c1-5-9-13-17(14-10-6-2,15-11-7-3)16-12-8-4;9-7(10)5-3-1-2-4-6-8(11)12/h5-16H2,1-4H3;1-6H2,(H,9,10)(H,11,12)/q+1;. The van der Waals surface area contributed by atoms with Crippen LogP contribution >= 0.6 is 0 Å². The lowest BCUT2D eigenvalue weighted by atomic mass is 10.1. The molecule has 0 bridgehead atoms. The van der Waals surface area contributed by atoms with Gasteiger partial charge in [-0.3, -0.25) is 9.59 Å². The summed E-state index contributed by atoms with van der Waals surface area (Å²) < 4.78 is 1.42. The normalized spacial score (nSPS) is 11.0. The third-order valence-corrected chi connectivity index (χ3v) is 5.48. The first-order chi connectivity index (χ1) is 13.9. The van der Waals surface area contributed by atoms with E-state index >= 15 is 0 Å². The fourth-order valence-electron chi connectivity index (χ4n) is 3.55. The van der Waals surface area contributed by atoms with Gasteiger partial charge in [0.25, 0.3) is 0 Å². The predicted molar refractivity (Wildman–Crippen MR) is 122 cm³/mol. The van der Waals surface area contributed by atoms with E-state index in [1.54, 1.807) is 0 Å². The summed E-state index contributed by atoms with van der Waals surface area (Å²) in [6, 6.07) is 0. The number of nitrogens with zero attached hydrogens (tertiary/aromatic N) is 1. The third-order valence-electron chi connectivity index (χ3n) is 5.48. The first kappa shape index (κ1) is 30.1. The lowest BCUT2D eigenvalue weighted by Crippen LogP contribution is -2.50. The molecule has 0 atom stereocenters. The Balaban J connectivity index is 0. The fourth-order valence-corrected chi connectivity index (χ4v) is 3.55. The van der Waals surface area contributed by atoms with E-state index in [4.69, 9.17) is 10.2 Å². The van der Waals surface area contributed by atoms with E-state index in [1.165, 1.54) is 82.0 Å². The van der Waals surface area contributed by atoms with Crippen molar-refractivity contribution in [1.82, 2.24) is 0 Å². The van der Waals surface area contributed by atoms with Gasteiger partial charge in [0.2, 0.25) is 0 Å². The van der Waals surface area contributed by atoms with Gasteiger partial charge in [-0.05, 0) is 38.5 Å². The third kappa shape index (κ3) is 21.4. The summed E-state index contributed by atoms with van der Waals surface area (Å²) in [5.41, 5.74) is 0. The number of unbranched alkanes of at least 4 members (excludes halogenated alkanes) is 7. The van der Waals surface area contributed by atoms with Gasteiger partial charge >= 0.3 is 11.9 Å². The molecule has 0 amide bonds. The molecule has 0 heterocycles. The zero-order chi connectivity index (χ0) is 22.4. The van der Waals surface area contributed by atoms with Crippen molar-refractivity contribution in [3.63, 3.8) is 0 Å². The Kier molecular flexibility index (Phi) is 22.4. The van der Waals surface area contributed by atoms with Crippen molar-refractivity contribution in [3.05, 3.63) is 0 Å². The molecule has 0 unspecified atom stereocenters. The van der Waals surface area contributed by atoms with Gasteiger partial charge in [0.1, 0.15) is 0 Å². The van der Waals surface area contributed by atoms with Gasteiger partial charge in [-0.15, -0.1) is 0 Å². The zero-order valence-electron chi connectivity index (χ0n) is 19.9. The maximum absolute atomic E-state index is 10.0. The van der Waals surface area contributed by atoms with Crippen molar-refractivity contribution >= 4 is 11.9 Å². The average Bonchev–Trinajstić information content (AvgIpc) is 2.69. The highest BCUT2D eigenvalue weighted by Crippen LogP contribution is 2.16. The van der Waals surface area contributed by atoms with Gasteiger partial charge in [0.15, 0.2) is 0 Å². The van der Waals surface area contributed by atoms with Gasteiger partial charge in [0, 0.05) is 12.8 Å². The molecule has 5 nitrogen and oxygen atoms in total. The van der Waals surface area contributed by atoms with Crippen molar-refractivity contribution < 1.29 is 24.3 Å². The molecule has 0 aromatic heterocycles. The monoisotopic (exact) mass is 416 g/mol. The number of carbonyl (C=O) groups is 2. The predicted octanol–water partition coefficient (Wildman–Crippen LogP) is 6.50. The molecule has 0 radical (unpaired) electrons. The molecule has 0 rings (SSSR count). The van der Waals surface area contributed by atoms with Gasteiger partial charge in [-0.2, -0.15) is 0 Å². The molecule has 0 aromatic rings. The SMILES string of the molecule is CCCC[N+](CCCC)(CCCC)CCCC.O=C(O)CCCCCCC(=O)O. The Labute approximate surface area is 180 Å². The summed E-state index contributed by atoms with van der Waals surface area (Å²) in [4.78, 5) is 20.1. The largest absolute Gasteiger partial charge is 0.481 e. The second-order valence-corrected chi connectivity index (χ2v) is 8.35. The Hall–Kier alpha value is -1.10. The molecule has 2 N–H and O–H groups in total. The van der Waals surface area contributed by atoms with Gasteiger partial charge in [-0.25, -0.2) is 0 Å². The lowest BCUT2D eigenvalue weighted by molar-refractivity contribution is -0.929. The van der Waals surface area contributed by atoms with Crippen LogP contribution in [-0.4, -0.2) is 52.8 Å². The number of carboxylic acid groups (broad SMARTS) is 2. The van der Waals surface area contributed by atoms with Crippen molar-refractivity contribution in [1.29, 1.82) is 0 Å². The highest BCUT2D eigenvalue weighted by atomic mass is 16.4. The van der Waals surface area contributed by atoms with Crippen LogP contribution in [0.5, 0.6) is 0 Å². The van der Waals surface area contributed by atoms with E-state index in [-0.39, 0.29) is 12.8 Å². The minimum absolute atomic E-state index is 0.188. The number of carboxylic acids is 2. The summed E-state index contributed by atoms with van der Waals surface area (Å²) >= 11 is 0. The second kappa shape index (κ2) is 21.6. The van der Waals surface area contributed by atoms with E-state index in [9.17, 15) is 9.59 Å². The Bertz CT molecular complexity index is 330. The first-order valence-electron chi connectivity index (χ1n) is 12.2. The number of quaternary nitrogens is 1. The molecule has 0 fully saturated rings.